The van der Waals surface area contributed by atoms with Crippen molar-refractivity contribution in [2.24, 2.45) is 0 Å². The van der Waals surface area contributed by atoms with Gasteiger partial charge < -0.3 is 13.6 Å². The van der Waals surface area contributed by atoms with Gasteiger partial charge in [0.25, 0.3) is 11.1 Å². The number of ether oxygens (including phenoxy) is 1. The molecule has 4 rings (SSSR count). The summed E-state index contributed by atoms with van der Waals surface area (Å²) < 4.78 is 18.0. The average molecular weight is 418 g/mol. The first kappa shape index (κ1) is 18.6. The first-order chi connectivity index (χ1) is 13.7. The number of nitrogens with zero attached hydrogens (tertiary/aromatic N) is 3. The third-order valence-electron chi connectivity index (χ3n) is 3.95. The zero-order valence-corrected chi connectivity index (χ0v) is 16.3. The summed E-state index contributed by atoms with van der Waals surface area (Å²) in [7, 11) is 0. The van der Waals surface area contributed by atoms with Crippen LogP contribution in [0.2, 0.25) is 5.02 Å². The van der Waals surface area contributed by atoms with E-state index >= 15 is 0 Å². The summed E-state index contributed by atoms with van der Waals surface area (Å²) >= 11 is 7.28. The van der Waals surface area contributed by atoms with Gasteiger partial charge in [0, 0.05) is 17.3 Å². The van der Waals surface area contributed by atoms with Crippen LogP contribution in [0.25, 0.3) is 11.1 Å². The molecule has 2 aromatic carbocycles. The van der Waals surface area contributed by atoms with Crippen molar-refractivity contribution in [2.45, 2.75) is 24.8 Å². The summed E-state index contributed by atoms with van der Waals surface area (Å²) in [4.78, 5) is 11.9. The molecular formula is C19H16ClN3O4S. The highest BCUT2D eigenvalue weighted by atomic mass is 35.5. The fourth-order valence-corrected chi connectivity index (χ4v) is 3.47. The zero-order valence-electron chi connectivity index (χ0n) is 14.7. The molecule has 2 heterocycles. The third kappa shape index (κ3) is 4.40. The van der Waals surface area contributed by atoms with E-state index in [0.717, 1.165) is 17.7 Å². The second-order valence-electron chi connectivity index (χ2n) is 5.89. The predicted octanol–water partition coefficient (Wildman–Crippen LogP) is 4.39. The second-order valence-corrected chi connectivity index (χ2v) is 7.38. The van der Waals surface area contributed by atoms with Gasteiger partial charge in [-0.1, -0.05) is 35.5 Å². The van der Waals surface area contributed by atoms with Crippen LogP contribution in [-0.4, -0.2) is 20.5 Å². The van der Waals surface area contributed by atoms with Crippen molar-refractivity contribution in [2.75, 3.05) is 5.75 Å². The number of fused-ring (bicyclic) bond motifs is 1. The molecule has 0 aliphatic heterocycles. The number of hydrogen-bond acceptors (Lipinski definition) is 7. The van der Waals surface area contributed by atoms with E-state index in [2.05, 4.69) is 10.2 Å². The van der Waals surface area contributed by atoms with Crippen molar-refractivity contribution >= 4 is 34.5 Å². The van der Waals surface area contributed by atoms with Crippen LogP contribution in [0.15, 0.2) is 67.4 Å². The highest BCUT2D eigenvalue weighted by molar-refractivity contribution is 7.99. The Balaban J connectivity index is 1.26. The van der Waals surface area contributed by atoms with Gasteiger partial charge in [-0.15, -0.1) is 10.2 Å². The van der Waals surface area contributed by atoms with Gasteiger partial charge in [-0.25, -0.2) is 4.79 Å². The standard InChI is InChI=1S/C19H16ClN3O4S/c20-13-6-8-14(9-7-13)25-12-17-21-22-18(27-17)28-11-3-10-23-15-4-1-2-5-16(15)26-19(23)24/h1-2,4-9H,3,10-12H2. The molecular weight excluding hydrogens is 402 g/mol. The van der Waals surface area contributed by atoms with Gasteiger partial charge in [0.15, 0.2) is 12.2 Å². The molecule has 0 bridgehead atoms. The maximum atomic E-state index is 11.9. The molecule has 0 aliphatic carbocycles. The van der Waals surface area contributed by atoms with Crippen molar-refractivity contribution in [3.63, 3.8) is 0 Å². The van der Waals surface area contributed by atoms with Crippen LogP contribution >= 0.6 is 23.4 Å². The van der Waals surface area contributed by atoms with Crippen molar-refractivity contribution in [1.82, 2.24) is 14.8 Å². The summed E-state index contributed by atoms with van der Waals surface area (Å²) in [6, 6.07) is 14.4. The number of hydrogen-bond donors (Lipinski definition) is 0. The van der Waals surface area contributed by atoms with Crippen LogP contribution in [0.3, 0.4) is 0 Å². The number of aromatic nitrogens is 3. The Kier molecular flexibility index (Phi) is 5.68. The number of halogens is 1. The predicted molar refractivity (Wildman–Crippen MR) is 106 cm³/mol. The third-order valence-corrected chi connectivity index (χ3v) is 5.11. The number of benzene rings is 2. The van der Waals surface area contributed by atoms with E-state index in [1.807, 2.05) is 18.2 Å². The van der Waals surface area contributed by atoms with Crippen LogP contribution in [-0.2, 0) is 13.2 Å². The lowest BCUT2D eigenvalue weighted by atomic mass is 10.3. The number of rotatable bonds is 8. The Hall–Kier alpha value is -2.71. The lowest BCUT2D eigenvalue weighted by Crippen LogP contribution is -2.14. The van der Waals surface area contributed by atoms with Crippen LogP contribution in [0.4, 0.5) is 0 Å². The van der Waals surface area contributed by atoms with Gasteiger partial charge in [0.1, 0.15) is 5.75 Å². The molecule has 0 saturated carbocycles. The highest BCUT2D eigenvalue weighted by Gasteiger charge is 2.10. The largest absolute Gasteiger partial charge is 0.484 e. The van der Waals surface area contributed by atoms with E-state index in [0.29, 0.717) is 34.0 Å². The van der Waals surface area contributed by atoms with Gasteiger partial charge in [0.05, 0.1) is 5.52 Å². The van der Waals surface area contributed by atoms with Gasteiger partial charge in [0.2, 0.25) is 0 Å². The molecule has 2 aromatic heterocycles. The van der Waals surface area contributed by atoms with E-state index in [4.69, 9.17) is 25.2 Å². The Morgan fingerprint density at radius 1 is 1.07 bits per heavy atom. The molecule has 0 amide bonds. The molecule has 0 N–H and O–H groups in total. The molecule has 0 aliphatic rings. The number of para-hydroxylation sites is 2. The van der Waals surface area contributed by atoms with E-state index < -0.39 is 0 Å². The Labute approximate surface area is 169 Å². The van der Waals surface area contributed by atoms with E-state index in [1.54, 1.807) is 34.9 Å². The zero-order chi connectivity index (χ0) is 19.3. The van der Waals surface area contributed by atoms with Crippen molar-refractivity contribution in [1.29, 1.82) is 0 Å². The van der Waals surface area contributed by atoms with E-state index in [9.17, 15) is 4.79 Å². The van der Waals surface area contributed by atoms with E-state index in [1.165, 1.54) is 11.8 Å². The molecule has 0 atom stereocenters. The maximum absolute atomic E-state index is 11.9. The SMILES string of the molecule is O=c1oc2ccccc2n1CCCSc1nnc(COc2ccc(Cl)cc2)o1. The fourth-order valence-electron chi connectivity index (χ4n) is 2.64. The Morgan fingerprint density at radius 2 is 1.89 bits per heavy atom. The lowest BCUT2D eigenvalue weighted by Gasteiger charge is -2.02. The maximum Gasteiger partial charge on any atom is 0.419 e. The monoisotopic (exact) mass is 417 g/mol. The topological polar surface area (TPSA) is 83.3 Å². The van der Waals surface area contributed by atoms with Crippen LogP contribution in [0.1, 0.15) is 12.3 Å². The van der Waals surface area contributed by atoms with Crippen LogP contribution in [0, 0.1) is 0 Å². The molecule has 28 heavy (non-hydrogen) atoms. The molecule has 4 aromatic rings. The molecule has 0 unspecified atom stereocenters. The van der Waals surface area contributed by atoms with Crippen LogP contribution in [0.5, 0.6) is 5.75 Å². The lowest BCUT2D eigenvalue weighted by molar-refractivity contribution is 0.252. The second kappa shape index (κ2) is 8.53. The van der Waals surface area contributed by atoms with Gasteiger partial charge in [-0.3, -0.25) is 4.57 Å². The quantitative estimate of drug-likeness (QED) is 0.310. The van der Waals surface area contributed by atoms with Gasteiger partial charge in [-0.2, -0.15) is 0 Å². The minimum Gasteiger partial charge on any atom is -0.484 e. The Bertz CT molecular complexity index is 1120. The van der Waals surface area contributed by atoms with Crippen molar-refractivity contribution in [3.8, 4) is 5.75 Å². The van der Waals surface area contributed by atoms with Gasteiger partial charge >= 0.3 is 5.76 Å². The summed E-state index contributed by atoms with van der Waals surface area (Å²) in [5, 5.41) is 9.10. The first-order valence-electron chi connectivity index (χ1n) is 8.61. The van der Waals surface area contributed by atoms with Crippen molar-refractivity contribution < 1.29 is 13.6 Å². The van der Waals surface area contributed by atoms with E-state index in [-0.39, 0.29) is 12.4 Å². The molecule has 0 spiro atoms. The molecule has 144 valence electrons. The molecule has 0 fully saturated rings. The summed E-state index contributed by atoms with van der Waals surface area (Å²) in [5.74, 6) is 1.46. The molecule has 0 radical (unpaired) electrons. The van der Waals surface area contributed by atoms with Crippen molar-refractivity contribution in [3.05, 3.63) is 70.0 Å². The molecule has 9 heteroatoms. The van der Waals surface area contributed by atoms with Crippen LogP contribution < -0.4 is 10.5 Å². The summed E-state index contributed by atoms with van der Waals surface area (Å²) in [6.45, 7) is 0.745. The molecule has 0 saturated heterocycles. The number of aryl methyl sites for hydroxylation is 1. The fraction of sp³-hybridized carbons (Fsp3) is 0.211. The number of thioether (sulfide) groups is 1. The highest BCUT2D eigenvalue weighted by Crippen LogP contribution is 2.20. The average Bonchev–Trinajstić information content (AvgIpc) is 3.28. The summed E-state index contributed by atoms with van der Waals surface area (Å²) in [6.07, 6.45) is 0.757. The van der Waals surface area contributed by atoms with Gasteiger partial charge in [-0.05, 0) is 42.8 Å². The normalized spacial score (nSPS) is 11.2. The number of oxazole rings is 1. The minimum atomic E-state index is -0.342. The summed E-state index contributed by atoms with van der Waals surface area (Å²) in [5.41, 5.74) is 1.40. The molecule has 7 nitrogen and oxygen atoms in total. The smallest absolute Gasteiger partial charge is 0.419 e. The minimum absolute atomic E-state index is 0.186. The first-order valence-corrected chi connectivity index (χ1v) is 9.97. The Morgan fingerprint density at radius 3 is 2.75 bits per heavy atom.